The van der Waals surface area contributed by atoms with Crippen molar-refractivity contribution < 1.29 is 19.0 Å². The molecule has 0 radical (unpaired) electrons. The maximum atomic E-state index is 12.8. The third-order valence-corrected chi connectivity index (χ3v) is 4.93. The summed E-state index contributed by atoms with van der Waals surface area (Å²) in [6, 6.07) is 3.43. The molecule has 1 aromatic heterocycles. The maximum absolute atomic E-state index is 12.8. The number of benzene rings is 1. The molecule has 152 valence electrons. The first-order valence-corrected chi connectivity index (χ1v) is 9.83. The molecule has 0 aliphatic carbocycles. The van der Waals surface area contributed by atoms with Crippen molar-refractivity contribution in [3.8, 4) is 11.5 Å². The molecule has 0 spiro atoms. The third kappa shape index (κ3) is 4.90. The average Bonchev–Trinajstić information content (AvgIpc) is 3.13. The van der Waals surface area contributed by atoms with Gasteiger partial charge >= 0.3 is 0 Å². The van der Waals surface area contributed by atoms with Crippen LogP contribution >= 0.6 is 12.2 Å². The predicted octanol–water partition coefficient (Wildman–Crippen LogP) is 2.50. The van der Waals surface area contributed by atoms with E-state index in [4.69, 9.17) is 26.4 Å². The molecule has 0 unspecified atom stereocenters. The summed E-state index contributed by atoms with van der Waals surface area (Å²) in [5.74, 6) is 1.22. The number of hydrogen-bond acceptors (Lipinski definition) is 6. The molecule has 28 heavy (non-hydrogen) atoms. The van der Waals surface area contributed by atoms with Crippen LogP contribution in [0.5, 0.6) is 11.5 Å². The number of carbonyl (C=O) groups is 1. The number of methoxy groups -OCH3 is 1. The van der Waals surface area contributed by atoms with Crippen molar-refractivity contribution in [2.24, 2.45) is 0 Å². The van der Waals surface area contributed by atoms with Gasteiger partial charge in [0.15, 0.2) is 16.3 Å². The topological polar surface area (TPSA) is 94.6 Å². The first kappa shape index (κ1) is 20.3. The zero-order valence-electron chi connectivity index (χ0n) is 15.9. The van der Waals surface area contributed by atoms with Crippen LogP contribution in [-0.2, 0) is 16.1 Å². The first-order chi connectivity index (χ1) is 13.6. The fraction of sp³-hybridized carbons (Fsp3) is 0.526. The van der Waals surface area contributed by atoms with Crippen molar-refractivity contribution in [3.63, 3.8) is 0 Å². The van der Waals surface area contributed by atoms with Gasteiger partial charge in [-0.15, -0.1) is 0 Å². The lowest BCUT2D eigenvalue weighted by molar-refractivity contribution is -0.121. The van der Waals surface area contributed by atoms with Crippen LogP contribution in [0.1, 0.15) is 32.1 Å². The smallest absolute Gasteiger partial charge is 0.262 e. The van der Waals surface area contributed by atoms with Gasteiger partial charge in [-0.3, -0.25) is 14.2 Å². The quantitative estimate of drug-likeness (QED) is 0.464. The van der Waals surface area contributed by atoms with E-state index in [0.717, 1.165) is 25.7 Å². The summed E-state index contributed by atoms with van der Waals surface area (Å²) in [7, 11) is 1.64. The van der Waals surface area contributed by atoms with Gasteiger partial charge in [0.2, 0.25) is 12.7 Å². The van der Waals surface area contributed by atoms with Gasteiger partial charge in [-0.05, 0) is 37.5 Å². The Morgan fingerprint density at radius 3 is 2.82 bits per heavy atom. The minimum atomic E-state index is -0.145. The minimum Gasteiger partial charge on any atom is -0.454 e. The summed E-state index contributed by atoms with van der Waals surface area (Å²) in [5, 5.41) is 3.39. The van der Waals surface area contributed by atoms with Gasteiger partial charge in [0, 0.05) is 39.3 Å². The molecule has 1 aliphatic heterocycles. The lowest BCUT2D eigenvalue weighted by atomic mass is 10.2. The highest BCUT2D eigenvalue weighted by atomic mass is 32.1. The first-order valence-electron chi connectivity index (χ1n) is 9.42. The van der Waals surface area contributed by atoms with Crippen molar-refractivity contribution in [3.05, 3.63) is 27.3 Å². The molecule has 0 saturated heterocycles. The summed E-state index contributed by atoms with van der Waals surface area (Å²) in [4.78, 5) is 27.6. The Morgan fingerprint density at radius 1 is 1.25 bits per heavy atom. The number of aromatic amines is 1. The number of hydrogen-bond donors (Lipinski definition) is 2. The number of rotatable bonds is 10. The number of fused-ring (bicyclic) bond motifs is 2. The molecule has 1 aromatic carbocycles. The summed E-state index contributed by atoms with van der Waals surface area (Å²) in [5.41, 5.74) is 0.494. The summed E-state index contributed by atoms with van der Waals surface area (Å²) < 4.78 is 17.6. The number of nitrogens with zero attached hydrogens (tertiary/aromatic N) is 1. The number of unbranched alkanes of at least 4 members (excludes halogenated alkanes) is 2. The van der Waals surface area contributed by atoms with Crippen LogP contribution in [0.2, 0.25) is 0 Å². The zero-order valence-corrected chi connectivity index (χ0v) is 16.7. The zero-order chi connectivity index (χ0) is 19.9. The van der Waals surface area contributed by atoms with Gasteiger partial charge in [-0.25, -0.2) is 0 Å². The monoisotopic (exact) mass is 407 g/mol. The Bertz CT molecular complexity index is 953. The molecule has 1 amide bonds. The number of amides is 1. The van der Waals surface area contributed by atoms with E-state index in [-0.39, 0.29) is 18.3 Å². The third-order valence-electron chi connectivity index (χ3n) is 4.61. The normalized spacial score (nSPS) is 12.5. The lowest BCUT2D eigenvalue weighted by Crippen LogP contribution is -2.25. The van der Waals surface area contributed by atoms with E-state index in [0.29, 0.717) is 53.3 Å². The van der Waals surface area contributed by atoms with Crippen LogP contribution in [0.25, 0.3) is 10.9 Å². The molecule has 9 heteroatoms. The molecular formula is C19H25N3O5S. The largest absolute Gasteiger partial charge is 0.454 e. The Morgan fingerprint density at radius 2 is 2.04 bits per heavy atom. The van der Waals surface area contributed by atoms with Gasteiger partial charge in [0.1, 0.15) is 0 Å². The molecule has 1 aliphatic rings. The second kappa shape index (κ2) is 9.70. The van der Waals surface area contributed by atoms with Gasteiger partial charge in [-0.1, -0.05) is 6.42 Å². The molecule has 2 N–H and O–H groups in total. The van der Waals surface area contributed by atoms with Crippen LogP contribution in [0.4, 0.5) is 0 Å². The second-order valence-corrected chi connectivity index (χ2v) is 7.03. The Balaban J connectivity index is 1.52. The van der Waals surface area contributed by atoms with Crippen molar-refractivity contribution in [2.75, 3.05) is 27.1 Å². The molecule has 0 bridgehead atoms. The average molecular weight is 407 g/mol. The van der Waals surface area contributed by atoms with E-state index in [9.17, 15) is 9.59 Å². The molecule has 2 aromatic rings. The fourth-order valence-electron chi connectivity index (χ4n) is 3.11. The second-order valence-electron chi connectivity index (χ2n) is 6.64. The Labute approximate surface area is 167 Å². The SMILES string of the molecule is COCCCNC(=O)CCCCCn1c(=S)[nH]c2cc3c(cc2c1=O)OCO3. The molecular weight excluding hydrogens is 382 g/mol. The molecule has 0 saturated carbocycles. The number of carbonyl (C=O) groups excluding carboxylic acids is 1. The van der Waals surface area contributed by atoms with E-state index in [1.54, 1.807) is 23.8 Å². The van der Waals surface area contributed by atoms with E-state index in [1.165, 1.54) is 0 Å². The fourth-order valence-corrected chi connectivity index (χ4v) is 3.39. The highest BCUT2D eigenvalue weighted by molar-refractivity contribution is 7.71. The highest BCUT2D eigenvalue weighted by Crippen LogP contribution is 2.34. The molecule has 2 heterocycles. The molecule has 8 nitrogen and oxygen atoms in total. The Hall–Kier alpha value is -2.39. The van der Waals surface area contributed by atoms with Crippen molar-refractivity contribution >= 4 is 29.0 Å². The predicted molar refractivity (Wildman–Crippen MR) is 107 cm³/mol. The van der Waals surface area contributed by atoms with Crippen LogP contribution in [0, 0.1) is 4.77 Å². The maximum Gasteiger partial charge on any atom is 0.262 e. The summed E-state index contributed by atoms with van der Waals surface area (Å²) >= 11 is 5.34. The number of H-pyrrole nitrogens is 1. The van der Waals surface area contributed by atoms with Crippen molar-refractivity contribution in [1.82, 2.24) is 14.9 Å². The van der Waals surface area contributed by atoms with E-state index >= 15 is 0 Å². The minimum absolute atomic E-state index is 0.0485. The van der Waals surface area contributed by atoms with Gasteiger partial charge in [0.05, 0.1) is 10.9 Å². The van der Waals surface area contributed by atoms with Crippen LogP contribution in [0.15, 0.2) is 16.9 Å². The van der Waals surface area contributed by atoms with E-state index < -0.39 is 0 Å². The Kier molecular flexibility index (Phi) is 7.05. The molecule has 0 fully saturated rings. The van der Waals surface area contributed by atoms with E-state index in [2.05, 4.69) is 10.3 Å². The van der Waals surface area contributed by atoms with Gasteiger partial charge in [-0.2, -0.15) is 0 Å². The summed E-state index contributed by atoms with van der Waals surface area (Å²) in [6.45, 7) is 1.93. The van der Waals surface area contributed by atoms with Crippen LogP contribution < -0.4 is 20.3 Å². The van der Waals surface area contributed by atoms with Crippen LogP contribution in [0.3, 0.4) is 0 Å². The lowest BCUT2D eigenvalue weighted by Gasteiger charge is -2.09. The number of nitrogens with one attached hydrogen (secondary N) is 2. The van der Waals surface area contributed by atoms with E-state index in [1.807, 2.05) is 0 Å². The van der Waals surface area contributed by atoms with Crippen LogP contribution in [-0.4, -0.2) is 42.5 Å². The number of ether oxygens (including phenoxy) is 3. The van der Waals surface area contributed by atoms with Gasteiger partial charge < -0.3 is 24.5 Å². The van der Waals surface area contributed by atoms with Gasteiger partial charge in [0.25, 0.3) is 5.56 Å². The molecule has 3 rings (SSSR count). The number of aromatic nitrogens is 2. The van der Waals surface area contributed by atoms with Crippen molar-refractivity contribution in [2.45, 2.75) is 38.6 Å². The highest BCUT2D eigenvalue weighted by Gasteiger charge is 2.17. The standard InChI is InChI=1S/C19H25N3O5S/c1-25-9-5-7-20-17(23)6-3-2-4-8-22-18(24)13-10-15-16(27-12-26-15)11-14(13)21-19(22)28/h10-11H,2-9,12H2,1H3,(H,20,23)(H,21,28). The van der Waals surface area contributed by atoms with Crippen molar-refractivity contribution in [1.29, 1.82) is 0 Å². The molecule has 0 atom stereocenters. The summed E-state index contributed by atoms with van der Waals surface area (Å²) in [6.07, 6.45) is 3.67.